The highest BCUT2D eigenvalue weighted by atomic mass is 16.3. The van der Waals surface area contributed by atoms with Crippen LogP contribution in [0.15, 0.2) is 48.7 Å². The number of aliphatic hydroxyl groups is 1. The molecule has 2 heterocycles. The molecule has 0 radical (unpaired) electrons. The van der Waals surface area contributed by atoms with Crippen LogP contribution in [0, 0.1) is 0 Å². The second-order valence-corrected chi connectivity index (χ2v) is 6.02. The summed E-state index contributed by atoms with van der Waals surface area (Å²) in [5.41, 5.74) is 4.59. The Labute approximate surface area is 144 Å². The topological polar surface area (TPSA) is 82.9 Å². The van der Waals surface area contributed by atoms with Gasteiger partial charge in [-0.15, -0.1) is 0 Å². The van der Waals surface area contributed by atoms with Gasteiger partial charge in [0.2, 0.25) is 5.91 Å². The minimum absolute atomic E-state index is 0.101. The summed E-state index contributed by atoms with van der Waals surface area (Å²) in [6.45, 7) is 2.18. The maximum Gasteiger partial charge on any atom is 0.221 e. The lowest BCUT2D eigenvalue weighted by atomic mass is 10.1. The van der Waals surface area contributed by atoms with Gasteiger partial charge in [-0.1, -0.05) is 6.07 Å². The molecule has 0 aliphatic carbocycles. The quantitative estimate of drug-likeness (QED) is 0.536. The van der Waals surface area contributed by atoms with Gasteiger partial charge in [0.15, 0.2) is 0 Å². The van der Waals surface area contributed by atoms with Crippen LogP contribution in [0.25, 0.3) is 33.1 Å². The average Bonchev–Trinajstić information content (AvgIpc) is 3.18. The van der Waals surface area contributed by atoms with Crippen molar-refractivity contribution in [3.8, 4) is 11.3 Å². The number of hydrogen-bond donors (Lipinski definition) is 3. The second kappa shape index (κ2) is 6.07. The zero-order chi connectivity index (χ0) is 17.4. The predicted molar refractivity (Wildman–Crippen MR) is 98.4 cm³/mol. The summed E-state index contributed by atoms with van der Waals surface area (Å²) in [4.78, 5) is 11.3. The third-order valence-corrected chi connectivity index (χ3v) is 4.27. The maximum absolute atomic E-state index is 11.3. The van der Waals surface area contributed by atoms with Crippen LogP contribution in [-0.4, -0.2) is 32.4 Å². The molecular formula is C19H18N4O2. The number of anilines is 1. The molecule has 2 aromatic carbocycles. The number of rotatable bonds is 4. The molecule has 4 rings (SSSR count). The van der Waals surface area contributed by atoms with Crippen molar-refractivity contribution in [1.82, 2.24) is 14.8 Å². The Morgan fingerprint density at radius 1 is 1.24 bits per heavy atom. The third kappa shape index (κ3) is 2.77. The van der Waals surface area contributed by atoms with Crippen molar-refractivity contribution in [2.45, 2.75) is 13.5 Å². The Bertz CT molecular complexity index is 1080. The van der Waals surface area contributed by atoms with E-state index in [1.165, 1.54) is 6.92 Å². The van der Waals surface area contributed by atoms with Crippen LogP contribution in [0.1, 0.15) is 6.92 Å². The van der Waals surface area contributed by atoms with Gasteiger partial charge < -0.3 is 15.0 Å². The first-order valence-electron chi connectivity index (χ1n) is 8.11. The van der Waals surface area contributed by atoms with E-state index in [0.29, 0.717) is 6.54 Å². The first-order chi connectivity index (χ1) is 12.2. The second-order valence-electron chi connectivity index (χ2n) is 6.02. The van der Waals surface area contributed by atoms with Crippen molar-refractivity contribution in [2.75, 3.05) is 11.9 Å². The number of nitrogens with zero attached hydrogens (tertiary/aromatic N) is 2. The Balaban J connectivity index is 1.80. The van der Waals surface area contributed by atoms with Gasteiger partial charge in [0.1, 0.15) is 0 Å². The summed E-state index contributed by atoms with van der Waals surface area (Å²) in [7, 11) is 0. The number of hydrogen-bond acceptors (Lipinski definition) is 3. The summed E-state index contributed by atoms with van der Waals surface area (Å²) in [6, 6.07) is 13.9. The lowest BCUT2D eigenvalue weighted by Crippen LogP contribution is -2.05. The zero-order valence-electron chi connectivity index (χ0n) is 13.8. The molecule has 0 aliphatic rings. The van der Waals surface area contributed by atoms with Crippen LogP contribution in [0.2, 0.25) is 0 Å². The smallest absolute Gasteiger partial charge is 0.221 e. The van der Waals surface area contributed by atoms with E-state index in [1.807, 2.05) is 47.2 Å². The molecule has 2 aromatic heterocycles. The number of aromatic nitrogens is 3. The largest absolute Gasteiger partial charge is 0.395 e. The van der Waals surface area contributed by atoms with Gasteiger partial charge in [0.05, 0.1) is 17.8 Å². The van der Waals surface area contributed by atoms with Gasteiger partial charge >= 0.3 is 0 Å². The van der Waals surface area contributed by atoms with Crippen LogP contribution >= 0.6 is 0 Å². The first-order valence-corrected chi connectivity index (χ1v) is 8.11. The number of carbonyl (C=O) groups is 1. The normalized spacial score (nSPS) is 11.3. The van der Waals surface area contributed by atoms with Gasteiger partial charge in [0.25, 0.3) is 0 Å². The van der Waals surface area contributed by atoms with Crippen molar-refractivity contribution in [3.63, 3.8) is 0 Å². The highest BCUT2D eigenvalue weighted by Gasteiger charge is 2.11. The van der Waals surface area contributed by atoms with E-state index in [9.17, 15) is 4.79 Å². The summed E-state index contributed by atoms with van der Waals surface area (Å²) in [5.74, 6) is -0.101. The number of benzene rings is 2. The van der Waals surface area contributed by atoms with Gasteiger partial charge in [0, 0.05) is 47.2 Å². The molecule has 0 fully saturated rings. The van der Waals surface area contributed by atoms with E-state index in [1.54, 1.807) is 0 Å². The molecule has 4 aromatic rings. The minimum Gasteiger partial charge on any atom is -0.395 e. The van der Waals surface area contributed by atoms with E-state index in [2.05, 4.69) is 21.6 Å². The lowest BCUT2D eigenvalue weighted by Gasteiger charge is -2.05. The number of fused-ring (bicyclic) bond motifs is 2. The molecule has 126 valence electrons. The van der Waals surface area contributed by atoms with E-state index in [0.717, 1.165) is 38.8 Å². The van der Waals surface area contributed by atoms with Gasteiger partial charge in [-0.2, -0.15) is 5.10 Å². The number of nitrogens with one attached hydrogen (secondary N) is 2. The van der Waals surface area contributed by atoms with Crippen LogP contribution in [-0.2, 0) is 11.3 Å². The fourth-order valence-electron chi connectivity index (χ4n) is 3.17. The summed E-state index contributed by atoms with van der Waals surface area (Å²) >= 11 is 0. The predicted octanol–water partition coefficient (Wildman–Crippen LogP) is 3.14. The molecule has 0 atom stereocenters. The third-order valence-electron chi connectivity index (χ3n) is 4.27. The van der Waals surface area contributed by atoms with E-state index in [4.69, 9.17) is 5.11 Å². The molecule has 0 unspecified atom stereocenters. The molecule has 0 saturated heterocycles. The molecule has 0 aliphatic heterocycles. The minimum atomic E-state index is -0.101. The highest BCUT2D eigenvalue weighted by molar-refractivity contribution is 5.99. The van der Waals surface area contributed by atoms with E-state index in [-0.39, 0.29) is 12.5 Å². The highest BCUT2D eigenvalue weighted by Crippen LogP contribution is 2.30. The molecule has 25 heavy (non-hydrogen) atoms. The average molecular weight is 334 g/mol. The van der Waals surface area contributed by atoms with Gasteiger partial charge in [-0.25, -0.2) is 0 Å². The first kappa shape index (κ1) is 15.4. The molecule has 6 heteroatoms. The number of aromatic amines is 1. The lowest BCUT2D eigenvalue weighted by molar-refractivity contribution is -0.114. The summed E-state index contributed by atoms with van der Waals surface area (Å²) < 4.78 is 2.02. The Morgan fingerprint density at radius 2 is 2.12 bits per heavy atom. The zero-order valence-corrected chi connectivity index (χ0v) is 13.8. The van der Waals surface area contributed by atoms with Gasteiger partial charge in [-0.3, -0.25) is 9.89 Å². The molecule has 3 N–H and O–H groups in total. The van der Waals surface area contributed by atoms with Gasteiger partial charge in [-0.05, 0) is 36.4 Å². The Kier molecular flexibility index (Phi) is 3.74. The van der Waals surface area contributed by atoms with E-state index < -0.39 is 0 Å². The summed E-state index contributed by atoms with van der Waals surface area (Å²) in [6.07, 6.45) is 1.97. The van der Waals surface area contributed by atoms with Crippen molar-refractivity contribution in [1.29, 1.82) is 0 Å². The Morgan fingerprint density at radius 3 is 2.92 bits per heavy atom. The molecule has 0 bridgehead atoms. The SMILES string of the molecule is CC(=O)Nc1ccc2[nH]nc(-c3ccc4c(ccn4CCO)c3)c2c1. The van der Waals surface area contributed by atoms with Crippen molar-refractivity contribution in [2.24, 2.45) is 0 Å². The van der Waals surface area contributed by atoms with Crippen molar-refractivity contribution >= 4 is 33.4 Å². The molecule has 6 nitrogen and oxygen atoms in total. The van der Waals surface area contributed by atoms with Crippen LogP contribution in [0.3, 0.4) is 0 Å². The van der Waals surface area contributed by atoms with E-state index >= 15 is 0 Å². The Hall–Kier alpha value is -3.12. The number of H-pyrrole nitrogens is 1. The van der Waals surface area contributed by atoms with Crippen LogP contribution < -0.4 is 5.32 Å². The standard InChI is InChI=1S/C19H18N4O2/c1-12(25)20-15-3-4-17-16(11-15)19(22-21-17)14-2-5-18-13(10-14)6-7-23(18)8-9-24/h2-7,10-11,24H,8-9H2,1H3,(H,20,25)(H,21,22). The monoisotopic (exact) mass is 334 g/mol. The number of aliphatic hydroxyl groups excluding tert-OH is 1. The fraction of sp³-hybridized carbons (Fsp3) is 0.158. The van der Waals surface area contributed by atoms with Crippen molar-refractivity contribution < 1.29 is 9.90 Å². The van der Waals surface area contributed by atoms with Crippen LogP contribution in [0.5, 0.6) is 0 Å². The van der Waals surface area contributed by atoms with Crippen LogP contribution in [0.4, 0.5) is 5.69 Å². The molecule has 0 spiro atoms. The number of carbonyl (C=O) groups excluding carboxylic acids is 1. The molecule has 1 amide bonds. The number of amides is 1. The fourth-order valence-corrected chi connectivity index (χ4v) is 3.17. The molecular weight excluding hydrogens is 316 g/mol. The molecule has 0 saturated carbocycles. The maximum atomic E-state index is 11.3. The van der Waals surface area contributed by atoms with Crippen molar-refractivity contribution in [3.05, 3.63) is 48.7 Å². The summed E-state index contributed by atoms with van der Waals surface area (Å²) in [5, 5.41) is 21.5.